The molecule has 0 aliphatic carbocycles. The Morgan fingerprint density at radius 1 is 1.10 bits per heavy atom. The Morgan fingerprint density at radius 2 is 1.95 bits per heavy atom. The number of rotatable bonds is 3. The number of hydrogen-bond donors (Lipinski definition) is 2. The largest absolute Gasteiger partial charge is 0.372 e. The number of nitrogens with zero attached hydrogens (tertiary/aromatic N) is 3. The molecule has 0 saturated heterocycles. The zero-order chi connectivity index (χ0) is 13.9. The van der Waals surface area contributed by atoms with Gasteiger partial charge in [0.25, 0.3) is 0 Å². The number of anilines is 3. The lowest BCUT2D eigenvalue weighted by Gasteiger charge is -2.11. The number of benzene rings is 1. The van der Waals surface area contributed by atoms with E-state index in [1.807, 2.05) is 31.4 Å². The van der Waals surface area contributed by atoms with Gasteiger partial charge >= 0.3 is 0 Å². The van der Waals surface area contributed by atoms with Crippen LogP contribution in [0.15, 0.2) is 47.5 Å². The Labute approximate surface area is 124 Å². The van der Waals surface area contributed by atoms with Crippen LogP contribution in [0.2, 0.25) is 0 Å². The van der Waals surface area contributed by atoms with Crippen LogP contribution in [0, 0.1) is 0 Å². The van der Waals surface area contributed by atoms with E-state index in [1.54, 1.807) is 6.20 Å². The third-order valence-corrected chi connectivity index (χ3v) is 3.71. The SMILES string of the molecule is CNc1ncnc(Nc2cccc3ccncc23)c1Br. The van der Waals surface area contributed by atoms with Crippen LogP contribution in [-0.4, -0.2) is 22.0 Å². The fourth-order valence-corrected chi connectivity index (χ4v) is 2.48. The van der Waals surface area contributed by atoms with Gasteiger partial charge in [-0.1, -0.05) is 12.1 Å². The van der Waals surface area contributed by atoms with Crippen LogP contribution >= 0.6 is 15.9 Å². The van der Waals surface area contributed by atoms with Gasteiger partial charge in [0.2, 0.25) is 0 Å². The standard InChI is InChI=1S/C14H12BrN5/c1-16-13-12(15)14(19-8-18-13)20-11-4-2-3-9-5-6-17-7-10(9)11/h2-8H,1H3,(H2,16,18,19,20). The molecular weight excluding hydrogens is 318 g/mol. The first-order chi connectivity index (χ1) is 9.79. The summed E-state index contributed by atoms with van der Waals surface area (Å²) in [6, 6.07) is 8.03. The van der Waals surface area contributed by atoms with E-state index in [1.165, 1.54) is 6.33 Å². The summed E-state index contributed by atoms with van der Waals surface area (Å²) in [7, 11) is 1.82. The fraction of sp³-hybridized carbons (Fsp3) is 0.0714. The van der Waals surface area contributed by atoms with Gasteiger partial charge < -0.3 is 10.6 Å². The molecule has 2 aromatic heterocycles. The minimum Gasteiger partial charge on any atom is -0.372 e. The van der Waals surface area contributed by atoms with Gasteiger partial charge in [-0.2, -0.15) is 0 Å². The minimum atomic E-state index is 0.709. The van der Waals surface area contributed by atoms with E-state index in [2.05, 4.69) is 47.6 Å². The van der Waals surface area contributed by atoms with E-state index >= 15 is 0 Å². The predicted molar refractivity (Wildman–Crippen MR) is 84.3 cm³/mol. The molecule has 5 nitrogen and oxygen atoms in total. The number of nitrogens with one attached hydrogen (secondary N) is 2. The van der Waals surface area contributed by atoms with Crippen molar-refractivity contribution in [3.05, 3.63) is 47.5 Å². The molecule has 3 rings (SSSR count). The predicted octanol–water partition coefficient (Wildman–Crippen LogP) is 3.57. The number of halogens is 1. The molecule has 0 bridgehead atoms. The van der Waals surface area contributed by atoms with Crippen molar-refractivity contribution in [3.8, 4) is 0 Å². The van der Waals surface area contributed by atoms with Gasteiger partial charge in [-0.05, 0) is 33.4 Å². The number of hydrogen-bond acceptors (Lipinski definition) is 5. The molecule has 0 fully saturated rings. The molecule has 0 aliphatic heterocycles. The average molecular weight is 330 g/mol. The van der Waals surface area contributed by atoms with E-state index in [0.29, 0.717) is 5.82 Å². The van der Waals surface area contributed by atoms with E-state index in [0.717, 1.165) is 26.8 Å². The maximum Gasteiger partial charge on any atom is 0.150 e. The highest BCUT2D eigenvalue weighted by atomic mass is 79.9. The zero-order valence-corrected chi connectivity index (χ0v) is 12.3. The first kappa shape index (κ1) is 12.8. The number of aromatic nitrogens is 3. The van der Waals surface area contributed by atoms with Crippen LogP contribution in [0.5, 0.6) is 0 Å². The van der Waals surface area contributed by atoms with Crippen molar-refractivity contribution in [3.63, 3.8) is 0 Å². The summed E-state index contributed by atoms with van der Waals surface area (Å²) in [5, 5.41) is 8.50. The average Bonchev–Trinajstić information content (AvgIpc) is 2.50. The molecule has 1 aromatic carbocycles. The second kappa shape index (κ2) is 5.42. The lowest BCUT2D eigenvalue weighted by Crippen LogP contribution is -2.00. The molecular formula is C14H12BrN5. The van der Waals surface area contributed by atoms with Crippen molar-refractivity contribution < 1.29 is 0 Å². The van der Waals surface area contributed by atoms with Crippen LogP contribution in [0.4, 0.5) is 17.3 Å². The Hall–Kier alpha value is -2.21. The normalized spacial score (nSPS) is 10.5. The highest BCUT2D eigenvalue weighted by molar-refractivity contribution is 9.10. The van der Waals surface area contributed by atoms with Gasteiger partial charge in [0.1, 0.15) is 22.4 Å². The summed E-state index contributed by atoms with van der Waals surface area (Å²) >= 11 is 3.50. The van der Waals surface area contributed by atoms with Crippen LogP contribution < -0.4 is 10.6 Å². The fourth-order valence-electron chi connectivity index (χ4n) is 1.98. The van der Waals surface area contributed by atoms with E-state index < -0.39 is 0 Å². The molecule has 0 amide bonds. The zero-order valence-electron chi connectivity index (χ0n) is 10.8. The van der Waals surface area contributed by atoms with Gasteiger partial charge in [-0.25, -0.2) is 9.97 Å². The molecule has 100 valence electrons. The topological polar surface area (TPSA) is 62.7 Å². The Kier molecular flexibility index (Phi) is 3.47. The summed E-state index contributed by atoms with van der Waals surface area (Å²) in [4.78, 5) is 12.6. The Morgan fingerprint density at radius 3 is 2.80 bits per heavy atom. The van der Waals surface area contributed by atoms with Crippen LogP contribution in [-0.2, 0) is 0 Å². The maximum atomic E-state index is 4.26. The third-order valence-electron chi connectivity index (χ3n) is 2.96. The lowest BCUT2D eigenvalue weighted by molar-refractivity contribution is 1.14. The van der Waals surface area contributed by atoms with Crippen molar-refractivity contribution in [1.29, 1.82) is 0 Å². The summed E-state index contributed by atoms with van der Waals surface area (Å²) in [6.45, 7) is 0. The van der Waals surface area contributed by atoms with Crippen molar-refractivity contribution in [1.82, 2.24) is 15.0 Å². The van der Waals surface area contributed by atoms with Gasteiger partial charge in [-0.3, -0.25) is 4.98 Å². The van der Waals surface area contributed by atoms with Gasteiger partial charge in [0, 0.05) is 30.5 Å². The quantitative estimate of drug-likeness (QED) is 0.769. The summed E-state index contributed by atoms with van der Waals surface area (Å²) in [6.07, 6.45) is 5.14. The number of fused-ring (bicyclic) bond motifs is 1. The molecule has 3 aromatic rings. The molecule has 20 heavy (non-hydrogen) atoms. The summed E-state index contributed by atoms with van der Waals surface area (Å²) < 4.78 is 0.795. The van der Waals surface area contributed by atoms with E-state index in [9.17, 15) is 0 Å². The summed E-state index contributed by atoms with van der Waals surface area (Å²) in [5.74, 6) is 1.45. The smallest absolute Gasteiger partial charge is 0.150 e. The molecule has 2 N–H and O–H groups in total. The molecule has 0 spiro atoms. The van der Waals surface area contributed by atoms with Gasteiger partial charge in [-0.15, -0.1) is 0 Å². The Balaban J connectivity index is 2.06. The van der Waals surface area contributed by atoms with Crippen LogP contribution in [0.3, 0.4) is 0 Å². The molecule has 0 saturated carbocycles. The Bertz CT molecular complexity index is 754. The molecule has 6 heteroatoms. The molecule has 0 aliphatic rings. The maximum absolute atomic E-state index is 4.26. The third kappa shape index (κ3) is 2.30. The molecule has 0 unspecified atom stereocenters. The van der Waals surface area contributed by atoms with Gasteiger partial charge in [0.05, 0.1) is 0 Å². The lowest BCUT2D eigenvalue weighted by atomic mass is 10.1. The molecule has 0 atom stereocenters. The molecule has 2 heterocycles. The van der Waals surface area contributed by atoms with Gasteiger partial charge in [0.15, 0.2) is 0 Å². The summed E-state index contributed by atoms with van der Waals surface area (Å²) in [5.41, 5.74) is 0.956. The highest BCUT2D eigenvalue weighted by Crippen LogP contribution is 2.31. The molecule has 0 radical (unpaired) electrons. The minimum absolute atomic E-state index is 0.709. The van der Waals surface area contributed by atoms with Crippen molar-refractivity contribution in [2.24, 2.45) is 0 Å². The highest BCUT2D eigenvalue weighted by Gasteiger charge is 2.09. The van der Waals surface area contributed by atoms with Crippen molar-refractivity contribution >= 4 is 44.0 Å². The van der Waals surface area contributed by atoms with Crippen molar-refractivity contribution in [2.75, 3.05) is 17.7 Å². The monoisotopic (exact) mass is 329 g/mol. The first-order valence-electron chi connectivity index (χ1n) is 6.07. The second-order valence-electron chi connectivity index (χ2n) is 4.16. The van der Waals surface area contributed by atoms with E-state index in [-0.39, 0.29) is 0 Å². The van der Waals surface area contributed by atoms with Crippen molar-refractivity contribution in [2.45, 2.75) is 0 Å². The van der Waals surface area contributed by atoms with E-state index in [4.69, 9.17) is 0 Å². The van der Waals surface area contributed by atoms with Crippen LogP contribution in [0.1, 0.15) is 0 Å². The number of pyridine rings is 1. The first-order valence-corrected chi connectivity index (χ1v) is 6.87. The second-order valence-corrected chi connectivity index (χ2v) is 4.96. The van der Waals surface area contributed by atoms with Crippen LogP contribution in [0.25, 0.3) is 10.8 Å².